The predicted octanol–water partition coefficient (Wildman–Crippen LogP) is 3.33. The van der Waals surface area contributed by atoms with E-state index >= 15 is 0 Å². The zero-order valence-corrected chi connectivity index (χ0v) is 16.7. The van der Waals surface area contributed by atoms with E-state index in [1.165, 1.54) is 22.5 Å². The molecular formula is C18H24ClN3O3S. The smallest absolute Gasteiger partial charge is 0.254 e. The lowest BCUT2D eigenvalue weighted by molar-refractivity contribution is 0.0902. The van der Waals surface area contributed by atoms with Crippen LogP contribution in [0.5, 0.6) is 0 Å². The molecule has 0 saturated heterocycles. The molecule has 26 heavy (non-hydrogen) atoms. The van der Waals surface area contributed by atoms with Crippen molar-refractivity contribution >= 4 is 27.5 Å². The molecule has 1 aromatic carbocycles. The first kappa shape index (κ1) is 20.7. The van der Waals surface area contributed by atoms with Crippen LogP contribution in [0, 0.1) is 11.3 Å². The van der Waals surface area contributed by atoms with Gasteiger partial charge in [-0.15, -0.1) is 0 Å². The Balaban J connectivity index is 2.35. The van der Waals surface area contributed by atoms with Gasteiger partial charge < -0.3 is 5.32 Å². The van der Waals surface area contributed by atoms with Crippen molar-refractivity contribution in [2.24, 2.45) is 0 Å². The SMILES string of the molecule is CCN(CC)S(=O)(=O)c1ccc(Cl)c(C(=O)NC2(C#N)CCCCC2)c1. The summed E-state index contributed by atoms with van der Waals surface area (Å²) in [5.74, 6) is -0.518. The Bertz CT molecular complexity index is 807. The number of nitrogens with one attached hydrogen (secondary N) is 1. The summed E-state index contributed by atoms with van der Waals surface area (Å²) in [4.78, 5) is 12.7. The zero-order chi connectivity index (χ0) is 19.4. The quantitative estimate of drug-likeness (QED) is 0.797. The molecule has 0 heterocycles. The molecule has 1 N–H and O–H groups in total. The zero-order valence-electron chi connectivity index (χ0n) is 15.1. The number of rotatable bonds is 6. The van der Waals surface area contributed by atoms with Gasteiger partial charge in [0.15, 0.2) is 0 Å². The Morgan fingerprint density at radius 2 is 1.88 bits per heavy atom. The molecule has 0 radical (unpaired) electrons. The van der Waals surface area contributed by atoms with E-state index in [1.54, 1.807) is 13.8 Å². The molecule has 0 atom stereocenters. The van der Waals surface area contributed by atoms with Gasteiger partial charge in [-0.05, 0) is 31.0 Å². The minimum absolute atomic E-state index is 0.0189. The van der Waals surface area contributed by atoms with E-state index in [0.29, 0.717) is 25.9 Å². The van der Waals surface area contributed by atoms with Crippen molar-refractivity contribution in [3.05, 3.63) is 28.8 Å². The third-order valence-electron chi connectivity index (χ3n) is 4.80. The average molecular weight is 398 g/mol. The first-order valence-corrected chi connectivity index (χ1v) is 10.6. The van der Waals surface area contributed by atoms with Gasteiger partial charge in [-0.2, -0.15) is 9.57 Å². The van der Waals surface area contributed by atoms with E-state index < -0.39 is 21.5 Å². The van der Waals surface area contributed by atoms with Gasteiger partial charge in [-0.1, -0.05) is 44.7 Å². The van der Waals surface area contributed by atoms with Crippen molar-refractivity contribution in [3.8, 4) is 6.07 Å². The molecule has 1 saturated carbocycles. The fraction of sp³-hybridized carbons (Fsp3) is 0.556. The summed E-state index contributed by atoms with van der Waals surface area (Å²) in [6.07, 6.45) is 3.96. The molecule has 1 amide bonds. The number of sulfonamides is 1. The van der Waals surface area contributed by atoms with Gasteiger partial charge in [0.05, 0.1) is 21.6 Å². The van der Waals surface area contributed by atoms with Crippen LogP contribution < -0.4 is 5.32 Å². The summed E-state index contributed by atoms with van der Waals surface area (Å²) in [6.45, 7) is 4.18. The van der Waals surface area contributed by atoms with Crippen molar-refractivity contribution in [2.75, 3.05) is 13.1 Å². The molecule has 0 spiro atoms. The lowest BCUT2D eigenvalue weighted by atomic mass is 9.82. The molecule has 142 valence electrons. The van der Waals surface area contributed by atoms with Gasteiger partial charge in [-0.25, -0.2) is 8.42 Å². The maximum Gasteiger partial charge on any atom is 0.254 e. The normalized spacial score (nSPS) is 16.9. The van der Waals surface area contributed by atoms with Crippen LogP contribution in [0.15, 0.2) is 23.1 Å². The molecule has 0 aromatic heterocycles. The van der Waals surface area contributed by atoms with Crippen molar-refractivity contribution in [2.45, 2.75) is 56.4 Å². The van der Waals surface area contributed by atoms with Gasteiger partial charge >= 0.3 is 0 Å². The Morgan fingerprint density at radius 3 is 2.42 bits per heavy atom. The van der Waals surface area contributed by atoms with Crippen molar-refractivity contribution in [1.82, 2.24) is 9.62 Å². The highest BCUT2D eigenvalue weighted by Crippen LogP contribution is 2.29. The fourth-order valence-electron chi connectivity index (χ4n) is 3.26. The number of nitriles is 1. The topological polar surface area (TPSA) is 90.3 Å². The Morgan fingerprint density at radius 1 is 1.27 bits per heavy atom. The van der Waals surface area contributed by atoms with Crippen molar-refractivity contribution in [1.29, 1.82) is 5.26 Å². The summed E-state index contributed by atoms with van der Waals surface area (Å²) in [5, 5.41) is 12.5. The number of hydrogen-bond acceptors (Lipinski definition) is 4. The number of halogens is 1. The molecule has 2 rings (SSSR count). The summed E-state index contributed by atoms with van der Waals surface area (Å²) >= 11 is 6.14. The third-order valence-corrected chi connectivity index (χ3v) is 7.18. The standard InChI is InChI=1S/C18H24ClN3O3S/c1-3-22(4-2)26(24,25)14-8-9-16(19)15(12-14)17(23)21-18(13-20)10-6-5-7-11-18/h8-9,12H,3-7,10-11H2,1-2H3,(H,21,23). The van der Waals surface area contributed by atoms with E-state index in [4.69, 9.17) is 11.6 Å². The second kappa shape index (κ2) is 8.38. The Hall–Kier alpha value is -1.62. The number of carbonyl (C=O) groups excluding carboxylic acids is 1. The molecular weight excluding hydrogens is 374 g/mol. The number of carbonyl (C=O) groups is 1. The maximum atomic E-state index is 12.7. The summed E-state index contributed by atoms with van der Waals surface area (Å²) in [7, 11) is -3.70. The van der Waals surface area contributed by atoms with E-state index in [0.717, 1.165) is 19.3 Å². The molecule has 1 aliphatic rings. The maximum absolute atomic E-state index is 12.7. The van der Waals surface area contributed by atoms with Crippen LogP contribution in [0.2, 0.25) is 5.02 Å². The van der Waals surface area contributed by atoms with Crippen LogP contribution >= 0.6 is 11.6 Å². The van der Waals surface area contributed by atoms with Gasteiger partial charge in [0.2, 0.25) is 10.0 Å². The van der Waals surface area contributed by atoms with Crippen LogP contribution in [0.4, 0.5) is 0 Å². The molecule has 1 fully saturated rings. The van der Waals surface area contributed by atoms with Crippen LogP contribution in [-0.4, -0.2) is 37.3 Å². The first-order chi connectivity index (χ1) is 12.3. The number of amides is 1. The second-order valence-electron chi connectivity index (χ2n) is 6.44. The second-order valence-corrected chi connectivity index (χ2v) is 8.78. The summed E-state index contributed by atoms with van der Waals surface area (Å²) in [5.41, 5.74) is -0.841. The lowest BCUT2D eigenvalue weighted by Gasteiger charge is -2.31. The molecule has 0 unspecified atom stereocenters. The predicted molar refractivity (Wildman–Crippen MR) is 100 cm³/mol. The van der Waals surface area contributed by atoms with Gasteiger partial charge in [0.25, 0.3) is 5.91 Å². The highest BCUT2D eigenvalue weighted by atomic mass is 35.5. The van der Waals surface area contributed by atoms with Crippen molar-refractivity contribution in [3.63, 3.8) is 0 Å². The molecule has 6 nitrogen and oxygen atoms in total. The van der Waals surface area contributed by atoms with Gasteiger partial charge in [0.1, 0.15) is 5.54 Å². The summed E-state index contributed by atoms with van der Waals surface area (Å²) in [6, 6.07) is 6.31. The van der Waals surface area contributed by atoms with Crippen molar-refractivity contribution < 1.29 is 13.2 Å². The van der Waals surface area contributed by atoms with Gasteiger partial charge in [0, 0.05) is 13.1 Å². The minimum atomic E-state index is -3.70. The van der Waals surface area contributed by atoms with Gasteiger partial charge in [-0.3, -0.25) is 4.79 Å². The third kappa shape index (κ3) is 4.20. The molecule has 0 bridgehead atoms. The molecule has 8 heteroatoms. The fourth-order valence-corrected chi connectivity index (χ4v) is 4.94. The van der Waals surface area contributed by atoms with Crippen LogP contribution in [0.25, 0.3) is 0 Å². The van der Waals surface area contributed by atoms with E-state index in [-0.39, 0.29) is 15.5 Å². The monoisotopic (exact) mass is 397 g/mol. The molecule has 1 aliphatic carbocycles. The van der Waals surface area contributed by atoms with Crippen LogP contribution in [-0.2, 0) is 10.0 Å². The minimum Gasteiger partial charge on any atom is -0.334 e. The van der Waals surface area contributed by atoms with E-state index in [1.807, 2.05) is 0 Å². The number of hydrogen-bond donors (Lipinski definition) is 1. The van der Waals surface area contributed by atoms with E-state index in [9.17, 15) is 18.5 Å². The number of benzene rings is 1. The Kier molecular flexibility index (Phi) is 6.67. The highest BCUT2D eigenvalue weighted by molar-refractivity contribution is 7.89. The van der Waals surface area contributed by atoms with Crippen LogP contribution in [0.1, 0.15) is 56.3 Å². The summed E-state index contributed by atoms with van der Waals surface area (Å²) < 4.78 is 26.7. The Labute approximate surface area is 160 Å². The van der Waals surface area contributed by atoms with E-state index in [2.05, 4.69) is 11.4 Å². The number of nitrogens with zero attached hydrogens (tertiary/aromatic N) is 2. The van der Waals surface area contributed by atoms with Crippen LogP contribution in [0.3, 0.4) is 0 Å². The highest BCUT2D eigenvalue weighted by Gasteiger charge is 2.34. The first-order valence-electron chi connectivity index (χ1n) is 8.83. The molecule has 0 aliphatic heterocycles. The average Bonchev–Trinajstić information content (AvgIpc) is 2.63. The largest absolute Gasteiger partial charge is 0.334 e. The molecule has 1 aromatic rings. The lowest BCUT2D eigenvalue weighted by Crippen LogP contribution is -2.48.